The molecule has 3 atom stereocenters. The highest BCUT2D eigenvalue weighted by Gasteiger charge is 2.31. The van der Waals surface area contributed by atoms with Gasteiger partial charge in [0, 0.05) is 6.61 Å². The lowest BCUT2D eigenvalue weighted by molar-refractivity contribution is 0.0520. The molecule has 0 fully saturated rings. The van der Waals surface area contributed by atoms with Gasteiger partial charge in [-0.2, -0.15) is 0 Å². The van der Waals surface area contributed by atoms with Gasteiger partial charge < -0.3 is 19.3 Å². The van der Waals surface area contributed by atoms with Crippen molar-refractivity contribution in [1.82, 2.24) is 0 Å². The second-order valence-electron chi connectivity index (χ2n) is 9.86. The monoisotopic (exact) mass is 556 g/mol. The molecule has 216 valence electrons. The zero-order valence-electron chi connectivity index (χ0n) is 23.0. The topological polar surface area (TPSA) is 127 Å². The molecule has 0 aliphatic heterocycles. The molecule has 10 heteroatoms. The Morgan fingerprint density at radius 1 is 0.778 bits per heavy atom. The van der Waals surface area contributed by atoms with Crippen LogP contribution in [0.4, 0.5) is 4.79 Å². The first kappa shape index (κ1) is 35.5. The molecule has 0 rings (SSSR count). The quantitative estimate of drug-likeness (QED) is 0.0818. The largest absolute Gasteiger partial charge is 0.472 e. The van der Waals surface area contributed by atoms with Gasteiger partial charge in [-0.1, -0.05) is 104 Å². The van der Waals surface area contributed by atoms with Gasteiger partial charge in [0.25, 0.3) is 0 Å². The van der Waals surface area contributed by atoms with Crippen molar-refractivity contribution in [2.24, 2.45) is 0 Å². The number of carboxylic acid groups (broad SMARTS) is 1. The van der Waals surface area contributed by atoms with Crippen LogP contribution in [0.15, 0.2) is 0 Å². The summed E-state index contributed by atoms with van der Waals surface area (Å²) in [5, 5.41) is 8.04. The van der Waals surface area contributed by atoms with Crippen molar-refractivity contribution in [3.05, 3.63) is 0 Å². The summed E-state index contributed by atoms with van der Waals surface area (Å²) in [6.45, 7) is 6.02. The number of carbonyl (C=O) groups is 1. The van der Waals surface area contributed by atoms with E-state index < -0.39 is 34.5 Å². The minimum absolute atomic E-state index is 0.126. The summed E-state index contributed by atoms with van der Waals surface area (Å²) in [4.78, 5) is 19.8. The van der Waals surface area contributed by atoms with Crippen molar-refractivity contribution in [2.75, 3.05) is 19.0 Å². The Hall–Kier alpha value is -0.470. The first-order valence-electron chi connectivity index (χ1n) is 14.1. The minimum Gasteiger partial charge on any atom is -0.472 e. The lowest BCUT2D eigenvalue weighted by Crippen LogP contribution is -2.36. The summed E-state index contributed by atoms with van der Waals surface area (Å²) >= 11 is 0. The molecule has 0 spiro atoms. The summed E-state index contributed by atoms with van der Waals surface area (Å²) in [6, 6.07) is 0. The van der Waals surface area contributed by atoms with Crippen molar-refractivity contribution in [3.8, 4) is 0 Å². The Morgan fingerprint density at radius 3 is 1.75 bits per heavy atom. The van der Waals surface area contributed by atoms with Gasteiger partial charge in [-0.15, -0.1) is 0 Å². The highest BCUT2D eigenvalue weighted by molar-refractivity contribution is 7.92. The third-order valence-electron chi connectivity index (χ3n) is 6.54. The maximum absolute atomic E-state index is 13.2. The fraction of sp³-hybridized carbons (Fsp3) is 0.962. The van der Waals surface area contributed by atoms with E-state index >= 15 is 0 Å². The van der Waals surface area contributed by atoms with Gasteiger partial charge in [-0.05, 0) is 26.2 Å². The van der Waals surface area contributed by atoms with E-state index in [2.05, 4.69) is 18.4 Å². The predicted molar refractivity (Wildman–Crippen MR) is 147 cm³/mol. The Bertz CT molecular complexity index is 698. The van der Waals surface area contributed by atoms with E-state index in [1.54, 1.807) is 6.92 Å². The second kappa shape index (κ2) is 21.5. The molecule has 3 unspecified atom stereocenters. The van der Waals surface area contributed by atoms with E-state index in [4.69, 9.17) is 14.7 Å². The smallest absolute Gasteiger partial charge is 0.435 e. The van der Waals surface area contributed by atoms with Crippen molar-refractivity contribution >= 4 is 23.1 Å². The maximum Gasteiger partial charge on any atom is 0.435 e. The average Bonchev–Trinajstić information content (AvgIpc) is 2.81. The van der Waals surface area contributed by atoms with Crippen LogP contribution in [0.25, 0.3) is 0 Å². The van der Waals surface area contributed by atoms with Crippen LogP contribution in [0.3, 0.4) is 0 Å². The number of sulfone groups is 1. The van der Waals surface area contributed by atoms with Gasteiger partial charge in [-0.25, -0.2) is 17.8 Å². The summed E-state index contributed by atoms with van der Waals surface area (Å²) in [7, 11) is -7.98. The molecule has 0 aromatic carbocycles. The summed E-state index contributed by atoms with van der Waals surface area (Å²) in [5.74, 6) is 0.173. The lowest BCUT2D eigenvalue weighted by Gasteiger charge is -2.25. The third-order valence-corrected chi connectivity index (χ3v) is 9.95. The van der Waals surface area contributed by atoms with Crippen molar-refractivity contribution in [3.63, 3.8) is 0 Å². The molecule has 8 nitrogen and oxygen atoms in total. The van der Waals surface area contributed by atoms with E-state index in [9.17, 15) is 17.8 Å². The third kappa shape index (κ3) is 17.9. The molecule has 0 saturated carbocycles. The Morgan fingerprint density at radius 2 is 1.25 bits per heavy atom. The van der Waals surface area contributed by atoms with Gasteiger partial charge in [0.05, 0.1) is 23.7 Å². The number of hydrogen-bond acceptors (Lipinski definition) is 6. The zero-order chi connectivity index (χ0) is 27.3. The minimum atomic E-state index is -4.66. The number of rotatable bonds is 26. The van der Waals surface area contributed by atoms with Gasteiger partial charge in [0.1, 0.15) is 0 Å². The Kier molecular flexibility index (Phi) is 21.2. The first-order valence-corrected chi connectivity index (χ1v) is 17.4. The molecular formula is C26H53O8PS. The summed E-state index contributed by atoms with van der Waals surface area (Å²) in [5.41, 5.74) is -1.89. The molecule has 0 aliphatic carbocycles. The number of ether oxygens (including phenoxy) is 1. The molecule has 0 bridgehead atoms. The van der Waals surface area contributed by atoms with E-state index in [-0.39, 0.29) is 25.4 Å². The number of unbranched alkanes of at least 4 members (excludes halogenated alkanes) is 13. The van der Waals surface area contributed by atoms with Gasteiger partial charge in [0.15, 0.2) is 9.84 Å². The molecule has 0 amide bonds. The maximum atomic E-state index is 13.2. The first-order chi connectivity index (χ1) is 17.1. The molecule has 0 saturated heterocycles. The standard InChI is InChI=1S/C26H53O8PS/c1-4-6-8-10-12-13-14-16-18-23-36(31,32)25(20-17-15-11-9-7-5-2)24(3)33-21-19-22-34-35(29,30)26(27)28/h24-25H,4-23H2,1-3H3,(H,27,28)(H,29,30). The van der Waals surface area contributed by atoms with Gasteiger partial charge in [0.2, 0.25) is 0 Å². The average molecular weight is 557 g/mol. The molecular weight excluding hydrogens is 503 g/mol. The van der Waals surface area contributed by atoms with Gasteiger partial charge in [-0.3, -0.25) is 0 Å². The zero-order valence-corrected chi connectivity index (χ0v) is 24.7. The van der Waals surface area contributed by atoms with Crippen LogP contribution >= 0.6 is 7.60 Å². The summed E-state index contributed by atoms with van der Waals surface area (Å²) in [6.07, 6.45) is 16.9. The van der Waals surface area contributed by atoms with E-state index in [1.165, 1.54) is 51.4 Å². The van der Waals surface area contributed by atoms with Crippen LogP contribution in [-0.4, -0.2) is 54.4 Å². The molecule has 36 heavy (non-hydrogen) atoms. The molecule has 0 aliphatic rings. The fourth-order valence-corrected chi connectivity index (χ4v) is 6.86. The van der Waals surface area contributed by atoms with Crippen LogP contribution < -0.4 is 0 Å². The molecule has 0 radical (unpaired) electrons. The summed E-state index contributed by atoms with van der Waals surface area (Å²) < 4.78 is 48.0. The van der Waals surface area contributed by atoms with Crippen molar-refractivity contribution in [2.45, 2.75) is 141 Å². The second-order valence-corrected chi connectivity index (χ2v) is 13.9. The van der Waals surface area contributed by atoms with E-state index in [1.807, 2.05) is 0 Å². The van der Waals surface area contributed by atoms with Crippen molar-refractivity contribution in [1.29, 1.82) is 0 Å². The van der Waals surface area contributed by atoms with E-state index in [0.717, 1.165) is 38.5 Å². The van der Waals surface area contributed by atoms with Crippen LogP contribution in [-0.2, 0) is 23.7 Å². The van der Waals surface area contributed by atoms with Crippen molar-refractivity contribution < 1.29 is 37.0 Å². The molecule has 0 heterocycles. The SMILES string of the molecule is CCCCCCCCCCCS(=O)(=O)C(CCCCCCCC)C(C)OCCCOP(=O)(O)C(=O)O. The van der Waals surface area contributed by atoms with Crippen LogP contribution in [0.1, 0.15) is 130 Å². The molecule has 0 aromatic rings. The predicted octanol–water partition coefficient (Wildman–Crippen LogP) is 7.73. The Labute approximate surface area is 220 Å². The normalized spacial score (nSPS) is 15.4. The molecule has 0 aromatic heterocycles. The highest BCUT2D eigenvalue weighted by Crippen LogP contribution is 2.42. The fourth-order valence-electron chi connectivity index (χ4n) is 4.28. The van der Waals surface area contributed by atoms with Crippen LogP contribution in [0, 0.1) is 0 Å². The van der Waals surface area contributed by atoms with Crippen LogP contribution in [0.5, 0.6) is 0 Å². The number of hydrogen-bond donors (Lipinski definition) is 2. The van der Waals surface area contributed by atoms with Crippen LogP contribution in [0.2, 0.25) is 0 Å². The lowest BCUT2D eigenvalue weighted by atomic mass is 10.1. The molecule has 2 N–H and O–H groups in total. The highest BCUT2D eigenvalue weighted by atomic mass is 32.2. The van der Waals surface area contributed by atoms with E-state index in [0.29, 0.717) is 12.8 Å². The Balaban J connectivity index is 4.61. The van der Waals surface area contributed by atoms with Gasteiger partial charge >= 0.3 is 13.3 Å².